The van der Waals surface area contributed by atoms with Gasteiger partial charge in [-0.3, -0.25) is 14.4 Å². The molecule has 3 heterocycles. The third-order valence-corrected chi connectivity index (χ3v) is 6.48. The minimum atomic E-state index is -0.371. The lowest BCUT2D eigenvalue weighted by Crippen LogP contribution is -2.49. The summed E-state index contributed by atoms with van der Waals surface area (Å²) in [5.41, 5.74) is 4.01. The molecule has 2 aliphatic heterocycles. The normalized spacial score (nSPS) is 19.0. The fourth-order valence-corrected chi connectivity index (χ4v) is 5.14. The van der Waals surface area contributed by atoms with Gasteiger partial charge in [0.05, 0.1) is 0 Å². The first-order chi connectivity index (χ1) is 15.9. The Labute approximate surface area is 190 Å². The number of carbonyl (C=O) groups excluding carboxylic acids is 2. The number of hydrogen-bond acceptors (Lipinski definition) is 3. The highest BCUT2D eigenvalue weighted by Gasteiger charge is 2.38. The van der Waals surface area contributed by atoms with Crippen molar-refractivity contribution >= 4 is 17.5 Å². The molecule has 6 nitrogen and oxygen atoms in total. The Morgan fingerprint density at radius 2 is 1.67 bits per heavy atom. The first kappa shape index (κ1) is 21.1. The van der Waals surface area contributed by atoms with Crippen LogP contribution in [0.2, 0.25) is 0 Å². The monoisotopic (exact) mass is 445 g/mol. The number of piperidine rings is 1. The Morgan fingerprint density at radius 1 is 0.939 bits per heavy atom. The Balaban J connectivity index is 1.49. The highest BCUT2D eigenvalue weighted by atomic mass is 19.1. The highest BCUT2D eigenvalue weighted by Crippen LogP contribution is 2.40. The molecule has 168 valence electrons. The number of carbonyl (C=O) groups is 2. The van der Waals surface area contributed by atoms with Gasteiger partial charge < -0.3 is 14.8 Å². The molecule has 5 rings (SSSR count). The number of amides is 2. The number of aromatic nitrogens is 1. The molecule has 0 radical (unpaired) electrons. The van der Waals surface area contributed by atoms with Gasteiger partial charge in [-0.15, -0.1) is 0 Å². The Morgan fingerprint density at radius 3 is 2.36 bits per heavy atom. The van der Waals surface area contributed by atoms with Crippen LogP contribution in [0.1, 0.15) is 35.3 Å². The molecule has 33 heavy (non-hydrogen) atoms. The van der Waals surface area contributed by atoms with Crippen molar-refractivity contribution in [3.05, 3.63) is 88.1 Å². The molecule has 0 spiro atoms. The number of fused-ring (bicyclic) bond motifs is 4. The largest absolute Gasteiger partial charge is 0.338 e. The van der Waals surface area contributed by atoms with Crippen LogP contribution >= 0.6 is 0 Å². The van der Waals surface area contributed by atoms with Gasteiger partial charge in [-0.2, -0.15) is 0 Å². The number of pyridine rings is 1. The lowest BCUT2D eigenvalue weighted by Gasteiger charge is -2.43. The fourth-order valence-electron chi connectivity index (χ4n) is 5.14. The number of benzene rings is 2. The molecule has 2 atom stereocenters. The van der Waals surface area contributed by atoms with Crippen LogP contribution < -0.4 is 10.9 Å². The van der Waals surface area contributed by atoms with E-state index >= 15 is 0 Å². The standard InChI is InChI=1S/C26H24FN3O3/c1-16(31)28-22-8-4-18(5-9-22)23-10-11-24(32)30-14-17-12-20(25(23)30)15-29(13-17)26(33)19-2-6-21(27)7-3-19/h2-11,17,20H,12-15H2,1H3,(H,28,31). The predicted octanol–water partition coefficient (Wildman–Crippen LogP) is 3.87. The second-order valence-corrected chi connectivity index (χ2v) is 8.86. The lowest BCUT2D eigenvalue weighted by molar-refractivity contribution is -0.114. The van der Waals surface area contributed by atoms with E-state index in [2.05, 4.69) is 5.32 Å². The maximum Gasteiger partial charge on any atom is 0.253 e. The molecule has 1 N–H and O–H groups in total. The zero-order valence-electron chi connectivity index (χ0n) is 18.3. The van der Waals surface area contributed by atoms with Crippen LogP contribution in [0.3, 0.4) is 0 Å². The third kappa shape index (κ3) is 4.06. The fraction of sp³-hybridized carbons (Fsp3) is 0.269. The van der Waals surface area contributed by atoms with Crippen LogP contribution in [0.5, 0.6) is 0 Å². The molecule has 2 amide bonds. The van der Waals surface area contributed by atoms with E-state index in [-0.39, 0.29) is 35.0 Å². The molecule has 1 saturated heterocycles. The van der Waals surface area contributed by atoms with Crippen molar-refractivity contribution in [2.45, 2.75) is 25.8 Å². The quantitative estimate of drug-likeness (QED) is 0.665. The molecular weight excluding hydrogens is 421 g/mol. The zero-order valence-corrected chi connectivity index (χ0v) is 18.3. The summed E-state index contributed by atoms with van der Waals surface area (Å²) < 4.78 is 15.2. The van der Waals surface area contributed by atoms with E-state index in [0.717, 1.165) is 23.2 Å². The van der Waals surface area contributed by atoms with E-state index < -0.39 is 0 Å². The predicted molar refractivity (Wildman–Crippen MR) is 124 cm³/mol. The molecule has 2 aliphatic rings. The van der Waals surface area contributed by atoms with Gasteiger partial charge in [0.2, 0.25) is 5.91 Å². The number of anilines is 1. The summed E-state index contributed by atoms with van der Waals surface area (Å²) in [7, 11) is 0. The van der Waals surface area contributed by atoms with Crippen LogP contribution in [0.15, 0.2) is 65.5 Å². The summed E-state index contributed by atoms with van der Waals surface area (Å²) in [4.78, 5) is 39.0. The molecule has 1 aromatic heterocycles. The van der Waals surface area contributed by atoms with Crippen LogP contribution in [-0.2, 0) is 11.3 Å². The van der Waals surface area contributed by atoms with Crippen LogP contribution in [-0.4, -0.2) is 34.4 Å². The smallest absolute Gasteiger partial charge is 0.253 e. The van der Waals surface area contributed by atoms with Gasteiger partial charge in [-0.25, -0.2) is 4.39 Å². The van der Waals surface area contributed by atoms with E-state index in [9.17, 15) is 18.8 Å². The lowest BCUT2D eigenvalue weighted by atomic mass is 9.80. The summed E-state index contributed by atoms with van der Waals surface area (Å²) in [6.45, 7) is 3.11. The van der Waals surface area contributed by atoms with Gasteiger partial charge in [0.15, 0.2) is 0 Å². The first-order valence-electron chi connectivity index (χ1n) is 11.1. The van der Waals surface area contributed by atoms with Gasteiger partial charge in [0.1, 0.15) is 5.82 Å². The molecule has 1 fully saturated rings. The molecule has 2 bridgehead atoms. The highest BCUT2D eigenvalue weighted by molar-refractivity contribution is 5.94. The van der Waals surface area contributed by atoms with Crippen LogP contribution in [0.25, 0.3) is 11.1 Å². The summed E-state index contributed by atoms with van der Waals surface area (Å²) >= 11 is 0. The maximum absolute atomic E-state index is 13.3. The van der Waals surface area contributed by atoms with E-state index in [0.29, 0.717) is 30.9 Å². The molecular formula is C26H24FN3O3. The van der Waals surface area contributed by atoms with E-state index in [1.165, 1.54) is 31.2 Å². The topological polar surface area (TPSA) is 71.4 Å². The average Bonchev–Trinajstić information content (AvgIpc) is 2.80. The molecule has 2 unspecified atom stereocenters. The minimum absolute atomic E-state index is 0.0285. The van der Waals surface area contributed by atoms with Gasteiger partial charge in [0, 0.05) is 61.1 Å². The summed E-state index contributed by atoms with van der Waals surface area (Å²) in [5, 5.41) is 2.77. The molecule has 0 saturated carbocycles. The summed E-state index contributed by atoms with van der Waals surface area (Å²) in [5.74, 6) is -0.399. The number of nitrogens with one attached hydrogen (secondary N) is 1. The SMILES string of the molecule is CC(=O)Nc1ccc(-c2ccc(=O)n3c2C2CC(CN(C(=O)c4ccc(F)cc4)C2)C3)cc1. The molecule has 2 aromatic carbocycles. The van der Waals surface area contributed by atoms with Crippen molar-refractivity contribution in [3.8, 4) is 11.1 Å². The molecule has 0 aliphatic carbocycles. The van der Waals surface area contributed by atoms with Crippen molar-refractivity contribution in [2.75, 3.05) is 18.4 Å². The third-order valence-electron chi connectivity index (χ3n) is 6.48. The first-order valence-corrected chi connectivity index (χ1v) is 11.1. The van der Waals surface area contributed by atoms with Crippen LogP contribution in [0.4, 0.5) is 10.1 Å². The van der Waals surface area contributed by atoms with Crippen molar-refractivity contribution in [1.29, 1.82) is 0 Å². The van der Waals surface area contributed by atoms with Gasteiger partial charge >= 0.3 is 0 Å². The number of nitrogens with zero attached hydrogens (tertiary/aromatic N) is 2. The number of likely N-dealkylation sites (tertiary alicyclic amines) is 1. The van der Waals surface area contributed by atoms with E-state index in [4.69, 9.17) is 0 Å². The van der Waals surface area contributed by atoms with Crippen molar-refractivity contribution in [1.82, 2.24) is 9.47 Å². The number of halogens is 1. The Bertz CT molecular complexity index is 1280. The van der Waals surface area contributed by atoms with Crippen molar-refractivity contribution < 1.29 is 14.0 Å². The average molecular weight is 445 g/mol. The molecule has 7 heteroatoms. The summed E-state index contributed by atoms with van der Waals surface area (Å²) in [6.07, 6.45) is 0.910. The van der Waals surface area contributed by atoms with Gasteiger partial charge in [-0.1, -0.05) is 12.1 Å². The second-order valence-electron chi connectivity index (χ2n) is 8.86. The summed E-state index contributed by atoms with van der Waals surface area (Å²) in [6, 6.07) is 16.6. The number of rotatable bonds is 3. The Kier molecular flexibility index (Phi) is 5.32. The van der Waals surface area contributed by atoms with Gasteiger partial charge in [-0.05, 0) is 60.4 Å². The van der Waals surface area contributed by atoms with Crippen molar-refractivity contribution in [3.63, 3.8) is 0 Å². The van der Waals surface area contributed by atoms with E-state index in [1.54, 1.807) is 6.07 Å². The zero-order chi connectivity index (χ0) is 23.1. The van der Waals surface area contributed by atoms with E-state index in [1.807, 2.05) is 39.8 Å². The second kappa shape index (κ2) is 8.31. The van der Waals surface area contributed by atoms with Crippen LogP contribution in [0, 0.1) is 11.7 Å². The molecule has 3 aromatic rings. The van der Waals surface area contributed by atoms with Gasteiger partial charge in [0.25, 0.3) is 11.5 Å². The Hall–Kier alpha value is -3.74. The number of hydrogen-bond donors (Lipinski definition) is 1. The minimum Gasteiger partial charge on any atom is -0.338 e. The van der Waals surface area contributed by atoms with Crippen molar-refractivity contribution in [2.24, 2.45) is 5.92 Å². The maximum atomic E-state index is 13.3.